The number of ether oxygens (including phenoxy) is 1. The number of nitrogens with one attached hydrogen (secondary N) is 1. The molecule has 3 aromatic heterocycles. The molecule has 3 aromatic rings. The van der Waals surface area contributed by atoms with Gasteiger partial charge in [-0.15, -0.1) is 0 Å². The zero-order valence-electron chi connectivity index (χ0n) is 21.5. The maximum Gasteiger partial charge on any atom is 0.389 e. The smallest absolute Gasteiger partial charge is 0.389 e. The molecular weight excluding hydrogens is 483 g/mol. The van der Waals surface area contributed by atoms with Gasteiger partial charge in [-0.1, -0.05) is 12.8 Å². The number of pyridine rings is 2. The quantitative estimate of drug-likeness (QED) is 0.439. The third kappa shape index (κ3) is 6.34. The standard InChI is InChI=1S/C27H34F3N5O2/c1-4-35-18(2)22-10-11-23(37-3)24(33-22)20-16-19(25-31-14-15-34(25)17-20)8-6-5-7-9-21(32-26(35)36)12-13-27(28,29)30/h10-11,14-18,21H,4-9,12-13H2,1-3H3,(H,32,36)/t18-,21-/m1/s1. The number of carbonyl (C=O) groups is 1. The Labute approximate surface area is 215 Å². The number of hydrogen-bond donors (Lipinski definition) is 1. The van der Waals surface area contributed by atoms with E-state index in [4.69, 9.17) is 9.72 Å². The fourth-order valence-electron chi connectivity index (χ4n) is 5.00. The highest BCUT2D eigenvalue weighted by atomic mass is 19.4. The number of urea groups is 1. The van der Waals surface area contributed by atoms with Crippen LogP contribution in [0.15, 0.2) is 36.8 Å². The topological polar surface area (TPSA) is 71.8 Å². The zero-order chi connectivity index (χ0) is 26.6. The lowest BCUT2D eigenvalue weighted by atomic mass is 10.00. The number of methoxy groups -OCH3 is 1. The number of alkyl halides is 3. The van der Waals surface area contributed by atoms with Gasteiger partial charge in [0.1, 0.15) is 17.1 Å². The number of aromatic nitrogens is 3. The van der Waals surface area contributed by atoms with Gasteiger partial charge in [0.25, 0.3) is 0 Å². The molecule has 4 heterocycles. The largest absolute Gasteiger partial charge is 0.494 e. The van der Waals surface area contributed by atoms with Crippen LogP contribution in [-0.4, -0.2) is 51.2 Å². The average Bonchev–Trinajstić information content (AvgIpc) is 3.34. The van der Waals surface area contributed by atoms with Crippen LogP contribution in [0.5, 0.6) is 5.75 Å². The summed E-state index contributed by atoms with van der Waals surface area (Å²) in [4.78, 5) is 24.3. The lowest BCUT2D eigenvalue weighted by molar-refractivity contribution is -0.136. The van der Waals surface area contributed by atoms with Crippen LogP contribution in [0.3, 0.4) is 0 Å². The number of imidazole rings is 1. The first-order valence-corrected chi connectivity index (χ1v) is 12.8. The molecule has 4 rings (SSSR count). The van der Waals surface area contributed by atoms with Gasteiger partial charge in [0, 0.05) is 43.2 Å². The molecule has 1 N–H and O–H groups in total. The molecule has 0 spiro atoms. The van der Waals surface area contributed by atoms with Crippen LogP contribution in [-0.2, 0) is 6.42 Å². The summed E-state index contributed by atoms with van der Waals surface area (Å²) in [5, 5.41) is 2.88. The van der Waals surface area contributed by atoms with E-state index in [0.717, 1.165) is 42.5 Å². The second-order valence-corrected chi connectivity index (χ2v) is 9.56. The van der Waals surface area contributed by atoms with Gasteiger partial charge in [-0.05, 0) is 63.3 Å². The van der Waals surface area contributed by atoms with Crippen LogP contribution in [0, 0.1) is 0 Å². The van der Waals surface area contributed by atoms with E-state index in [1.165, 1.54) is 0 Å². The number of rotatable bonds is 4. The van der Waals surface area contributed by atoms with Crippen molar-refractivity contribution in [2.45, 2.75) is 77.1 Å². The molecule has 2 amide bonds. The van der Waals surface area contributed by atoms with E-state index in [1.807, 2.05) is 42.8 Å². The summed E-state index contributed by atoms with van der Waals surface area (Å²) in [6.07, 6.45) is 4.00. The molecule has 37 heavy (non-hydrogen) atoms. The third-order valence-corrected chi connectivity index (χ3v) is 7.04. The van der Waals surface area contributed by atoms with E-state index >= 15 is 0 Å². The minimum atomic E-state index is -4.26. The Hall–Kier alpha value is -3.30. The fourth-order valence-corrected chi connectivity index (χ4v) is 5.00. The summed E-state index contributed by atoms with van der Waals surface area (Å²) in [6, 6.07) is 4.42. The number of amides is 2. The Morgan fingerprint density at radius 1 is 1.22 bits per heavy atom. The molecule has 0 saturated carbocycles. The highest BCUT2D eigenvalue weighted by Gasteiger charge is 2.30. The van der Waals surface area contributed by atoms with Gasteiger partial charge >= 0.3 is 12.2 Å². The number of hydrogen-bond acceptors (Lipinski definition) is 4. The highest BCUT2D eigenvalue weighted by Crippen LogP contribution is 2.33. The van der Waals surface area contributed by atoms with E-state index in [-0.39, 0.29) is 12.5 Å². The van der Waals surface area contributed by atoms with Crippen LogP contribution in [0.25, 0.3) is 16.9 Å². The first-order valence-electron chi connectivity index (χ1n) is 12.8. The second kappa shape index (κ2) is 11.4. The van der Waals surface area contributed by atoms with Crippen molar-refractivity contribution in [3.63, 3.8) is 0 Å². The van der Waals surface area contributed by atoms with Crippen molar-refractivity contribution < 1.29 is 22.7 Å². The monoisotopic (exact) mass is 517 g/mol. The van der Waals surface area contributed by atoms with Crippen LogP contribution in [0.1, 0.15) is 69.7 Å². The molecule has 10 heteroatoms. The van der Waals surface area contributed by atoms with E-state index in [0.29, 0.717) is 30.1 Å². The number of halogens is 3. The minimum absolute atomic E-state index is 0.136. The molecule has 200 valence electrons. The van der Waals surface area contributed by atoms with Crippen molar-refractivity contribution >= 4 is 11.7 Å². The summed E-state index contributed by atoms with van der Waals surface area (Å²) in [6.45, 7) is 4.11. The summed E-state index contributed by atoms with van der Waals surface area (Å²) in [5.74, 6) is 0.613. The van der Waals surface area contributed by atoms with Crippen LogP contribution >= 0.6 is 0 Å². The van der Waals surface area contributed by atoms with Gasteiger partial charge in [0.05, 0.1) is 18.8 Å². The van der Waals surface area contributed by atoms with Crippen molar-refractivity contribution in [3.05, 3.63) is 48.0 Å². The van der Waals surface area contributed by atoms with E-state index in [9.17, 15) is 18.0 Å². The minimum Gasteiger partial charge on any atom is -0.494 e. The van der Waals surface area contributed by atoms with Gasteiger partial charge < -0.3 is 19.4 Å². The summed E-state index contributed by atoms with van der Waals surface area (Å²) >= 11 is 0. The average molecular weight is 518 g/mol. The lowest BCUT2D eigenvalue weighted by Gasteiger charge is -2.31. The first kappa shape index (κ1) is 26.8. The Balaban J connectivity index is 1.74. The summed E-state index contributed by atoms with van der Waals surface area (Å²) in [5.41, 5.74) is 4.17. The molecule has 0 radical (unpaired) electrons. The Bertz CT molecular complexity index is 1230. The molecule has 1 aliphatic rings. The molecule has 1 aliphatic heterocycles. The maximum absolute atomic E-state index is 13.2. The Morgan fingerprint density at radius 2 is 2.03 bits per heavy atom. The van der Waals surface area contributed by atoms with Crippen molar-refractivity contribution in [1.29, 1.82) is 0 Å². The van der Waals surface area contributed by atoms with Gasteiger partial charge in [-0.3, -0.25) is 0 Å². The molecule has 0 fully saturated rings. The predicted molar refractivity (Wildman–Crippen MR) is 136 cm³/mol. The van der Waals surface area contributed by atoms with E-state index in [1.54, 1.807) is 18.2 Å². The maximum atomic E-state index is 13.2. The SMILES string of the molecule is CCN1C(=O)N[C@@H](CCC(F)(F)F)CCCCCc2cc(cn3ccnc23)-c2nc(ccc2OC)[C@H]1C. The summed E-state index contributed by atoms with van der Waals surface area (Å²) in [7, 11) is 1.60. The Morgan fingerprint density at radius 3 is 2.76 bits per heavy atom. The number of nitrogens with zero attached hydrogens (tertiary/aromatic N) is 4. The van der Waals surface area contributed by atoms with Gasteiger partial charge in [-0.25, -0.2) is 14.8 Å². The molecule has 0 aliphatic carbocycles. The van der Waals surface area contributed by atoms with Gasteiger partial charge in [0.15, 0.2) is 0 Å². The molecule has 2 atom stereocenters. The molecule has 0 aromatic carbocycles. The van der Waals surface area contributed by atoms with Crippen LogP contribution in [0.4, 0.5) is 18.0 Å². The molecule has 0 saturated heterocycles. The molecule has 0 unspecified atom stereocenters. The van der Waals surface area contributed by atoms with Crippen molar-refractivity contribution in [2.75, 3.05) is 13.7 Å². The highest BCUT2D eigenvalue weighted by molar-refractivity contribution is 5.75. The number of carbonyl (C=O) groups excluding carboxylic acids is 1. The normalized spacial score (nSPS) is 19.6. The number of aryl methyl sites for hydroxylation is 1. The molecule has 7 nitrogen and oxygen atoms in total. The second-order valence-electron chi connectivity index (χ2n) is 9.56. The fraction of sp³-hybridized carbons (Fsp3) is 0.519. The van der Waals surface area contributed by atoms with Gasteiger partial charge in [-0.2, -0.15) is 13.2 Å². The van der Waals surface area contributed by atoms with Gasteiger partial charge in [0.2, 0.25) is 0 Å². The van der Waals surface area contributed by atoms with Crippen molar-refractivity contribution in [1.82, 2.24) is 24.6 Å². The predicted octanol–water partition coefficient (Wildman–Crippen LogP) is 6.33. The number of fused-ring (bicyclic) bond motifs is 7. The Kier molecular flexibility index (Phi) is 8.24. The van der Waals surface area contributed by atoms with Crippen LogP contribution < -0.4 is 10.1 Å². The van der Waals surface area contributed by atoms with E-state index < -0.39 is 24.7 Å². The summed E-state index contributed by atoms with van der Waals surface area (Å²) < 4.78 is 46.5. The molecule has 4 bridgehead atoms. The van der Waals surface area contributed by atoms with E-state index in [2.05, 4.69) is 16.4 Å². The molecular formula is C27H34F3N5O2. The van der Waals surface area contributed by atoms with Crippen molar-refractivity contribution in [2.24, 2.45) is 0 Å². The first-order chi connectivity index (χ1) is 17.7. The van der Waals surface area contributed by atoms with Crippen LogP contribution in [0.2, 0.25) is 0 Å². The third-order valence-electron chi connectivity index (χ3n) is 7.04. The lowest BCUT2D eigenvalue weighted by Crippen LogP contribution is -2.46. The van der Waals surface area contributed by atoms with Crippen molar-refractivity contribution in [3.8, 4) is 17.0 Å². The zero-order valence-corrected chi connectivity index (χ0v) is 21.5.